The number of benzene rings is 1. The number of anilines is 1. The zero-order chi connectivity index (χ0) is 27.5. The summed E-state index contributed by atoms with van der Waals surface area (Å²) in [4.78, 5) is 6.86. The zero-order valence-corrected chi connectivity index (χ0v) is 23.9. The van der Waals surface area contributed by atoms with Gasteiger partial charge in [-0.3, -0.25) is 4.99 Å². The molecule has 5 nitrogen and oxygen atoms in total. The Morgan fingerprint density at radius 2 is 1.90 bits per heavy atom. The highest BCUT2D eigenvalue weighted by Crippen LogP contribution is 2.42. The second-order valence-electron chi connectivity index (χ2n) is 11.5. The Labute approximate surface area is 234 Å². The lowest BCUT2D eigenvalue weighted by atomic mass is 9.84. The van der Waals surface area contributed by atoms with E-state index in [9.17, 15) is 0 Å². The highest BCUT2D eigenvalue weighted by atomic mass is 15.4. The fourth-order valence-electron chi connectivity index (χ4n) is 6.04. The number of hydrogen-bond acceptors (Lipinski definition) is 4. The molecule has 2 aromatic rings. The molecular weight excluding hydrogens is 478 g/mol. The molecular formula is C34H43N5. The van der Waals surface area contributed by atoms with Crippen LogP contribution in [0, 0.1) is 11.8 Å². The molecule has 1 saturated carbocycles. The first-order valence-electron chi connectivity index (χ1n) is 14.6. The topological polar surface area (TPSA) is 45.5 Å². The predicted octanol–water partition coefficient (Wildman–Crippen LogP) is 8.43. The normalized spacial score (nSPS) is 19.4. The molecule has 1 saturated heterocycles. The number of aromatic nitrogens is 2. The molecule has 1 aromatic heterocycles. The van der Waals surface area contributed by atoms with E-state index in [2.05, 4.69) is 86.1 Å². The SMILES string of the molecule is C=CC=N/C=C(/c1nn2c(c1C(=C)N1CC(C)C1)NC(c1ccc(C3CCCCC3)cc1)=CC2=C)C(C)CC. The van der Waals surface area contributed by atoms with E-state index >= 15 is 0 Å². The van der Waals surface area contributed by atoms with E-state index in [1.807, 2.05) is 10.9 Å². The zero-order valence-electron chi connectivity index (χ0n) is 23.9. The Morgan fingerprint density at radius 3 is 2.54 bits per heavy atom. The van der Waals surface area contributed by atoms with E-state index in [4.69, 9.17) is 5.10 Å². The van der Waals surface area contributed by atoms with Crippen LogP contribution in [0.3, 0.4) is 0 Å². The minimum atomic E-state index is 0.277. The van der Waals surface area contributed by atoms with Gasteiger partial charge in [0.15, 0.2) is 0 Å². The maximum atomic E-state index is 5.12. The molecule has 1 aromatic carbocycles. The maximum absolute atomic E-state index is 5.12. The molecule has 1 unspecified atom stereocenters. The first kappa shape index (κ1) is 27.0. The maximum Gasteiger partial charge on any atom is 0.144 e. The quantitative estimate of drug-likeness (QED) is 0.337. The highest BCUT2D eigenvalue weighted by Gasteiger charge is 2.33. The molecule has 39 heavy (non-hydrogen) atoms. The Morgan fingerprint density at radius 1 is 1.18 bits per heavy atom. The summed E-state index contributed by atoms with van der Waals surface area (Å²) in [5, 5.41) is 8.86. The number of nitrogens with one attached hydrogen (secondary N) is 1. The third-order valence-corrected chi connectivity index (χ3v) is 8.58. The number of allylic oxidation sites excluding steroid dienone is 4. The Balaban J connectivity index is 1.53. The molecule has 1 aliphatic carbocycles. The van der Waals surface area contributed by atoms with Crippen molar-refractivity contribution in [2.24, 2.45) is 16.8 Å². The molecule has 204 valence electrons. The second-order valence-corrected chi connectivity index (χ2v) is 11.5. The number of hydrogen-bond donors (Lipinski definition) is 1. The van der Waals surface area contributed by atoms with Crippen LogP contribution in [0.25, 0.3) is 22.7 Å². The van der Waals surface area contributed by atoms with Crippen LogP contribution in [0.2, 0.25) is 0 Å². The van der Waals surface area contributed by atoms with Crippen molar-refractivity contribution in [2.45, 2.75) is 65.2 Å². The van der Waals surface area contributed by atoms with Crippen LogP contribution in [-0.2, 0) is 0 Å². The molecule has 2 fully saturated rings. The lowest BCUT2D eigenvalue weighted by molar-refractivity contribution is 0.192. The van der Waals surface area contributed by atoms with Gasteiger partial charge in [-0.1, -0.05) is 90.1 Å². The summed E-state index contributed by atoms with van der Waals surface area (Å²) < 4.78 is 1.94. The fraction of sp³-hybridized carbons (Fsp3) is 0.412. The van der Waals surface area contributed by atoms with Gasteiger partial charge in [0.05, 0.1) is 11.3 Å². The third-order valence-electron chi connectivity index (χ3n) is 8.58. The monoisotopic (exact) mass is 521 g/mol. The van der Waals surface area contributed by atoms with E-state index in [0.717, 1.165) is 64.8 Å². The summed E-state index contributed by atoms with van der Waals surface area (Å²) in [5.74, 6) is 2.57. The Hall–Kier alpha value is -3.60. The minimum Gasteiger partial charge on any atom is -0.371 e. The van der Waals surface area contributed by atoms with Crippen molar-refractivity contribution in [2.75, 3.05) is 18.4 Å². The average Bonchev–Trinajstić information content (AvgIpc) is 3.33. The Bertz CT molecular complexity index is 1320. The predicted molar refractivity (Wildman–Crippen MR) is 167 cm³/mol. The molecule has 5 heteroatoms. The van der Waals surface area contributed by atoms with Crippen LogP contribution in [0.5, 0.6) is 0 Å². The first-order chi connectivity index (χ1) is 18.9. The molecule has 1 N–H and O–H groups in total. The van der Waals surface area contributed by atoms with Crippen molar-refractivity contribution >= 4 is 34.7 Å². The van der Waals surface area contributed by atoms with Crippen molar-refractivity contribution in [1.29, 1.82) is 0 Å². The van der Waals surface area contributed by atoms with Crippen molar-refractivity contribution < 1.29 is 0 Å². The van der Waals surface area contributed by atoms with E-state index in [1.165, 1.54) is 37.7 Å². The van der Waals surface area contributed by atoms with Gasteiger partial charge in [0.1, 0.15) is 11.5 Å². The van der Waals surface area contributed by atoms with Crippen LogP contribution < -0.4 is 5.32 Å². The second kappa shape index (κ2) is 11.6. The summed E-state index contributed by atoms with van der Waals surface area (Å²) >= 11 is 0. The van der Waals surface area contributed by atoms with E-state index < -0.39 is 0 Å². The van der Waals surface area contributed by atoms with E-state index in [1.54, 1.807) is 12.3 Å². The largest absolute Gasteiger partial charge is 0.371 e. The third kappa shape index (κ3) is 5.45. The smallest absolute Gasteiger partial charge is 0.144 e. The summed E-state index contributed by atoms with van der Waals surface area (Å²) in [6.07, 6.45) is 15.1. The van der Waals surface area contributed by atoms with Crippen molar-refractivity contribution in [1.82, 2.24) is 14.7 Å². The molecule has 1 atom stereocenters. The molecule has 2 aliphatic heterocycles. The minimum absolute atomic E-state index is 0.277. The number of fused-ring (bicyclic) bond motifs is 1. The van der Waals surface area contributed by atoms with E-state index in [-0.39, 0.29) is 5.92 Å². The highest BCUT2D eigenvalue weighted by molar-refractivity contribution is 5.94. The van der Waals surface area contributed by atoms with Gasteiger partial charge in [0, 0.05) is 42.5 Å². The van der Waals surface area contributed by atoms with Gasteiger partial charge in [0.2, 0.25) is 0 Å². The van der Waals surface area contributed by atoms with Gasteiger partial charge in [-0.25, -0.2) is 4.68 Å². The Kier molecular flexibility index (Phi) is 8.06. The summed E-state index contributed by atoms with van der Waals surface area (Å²) in [6, 6.07) is 9.14. The lowest BCUT2D eigenvalue weighted by Crippen LogP contribution is -2.43. The van der Waals surface area contributed by atoms with Gasteiger partial charge in [-0.2, -0.15) is 5.10 Å². The standard InChI is InChI=1S/C34H43N5/c1-7-18-35-20-30(24(4)8-2)33-32(26(6)38-21-23(3)22-38)34-36-31(19-25(5)39(34)37-33)29-16-14-28(15-17-29)27-12-10-9-11-13-27/h7,14-20,23-24,27,36H,1,5-6,8-13,21-22H2,2-4H3/b30-20+,35-18?. The van der Waals surface area contributed by atoms with Gasteiger partial charge >= 0.3 is 0 Å². The van der Waals surface area contributed by atoms with Crippen LogP contribution >= 0.6 is 0 Å². The molecule has 0 radical (unpaired) electrons. The number of nitrogens with zero attached hydrogens (tertiary/aromatic N) is 4. The van der Waals surface area contributed by atoms with Crippen LogP contribution in [0.1, 0.15) is 87.6 Å². The number of likely N-dealkylation sites (tertiary alicyclic amines) is 1. The first-order valence-corrected chi connectivity index (χ1v) is 14.6. The number of aliphatic imine (C=N–C) groups is 1. The summed E-state index contributed by atoms with van der Waals surface area (Å²) in [7, 11) is 0. The molecule has 3 aliphatic rings. The molecule has 3 heterocycles. The van der Waals surface area contributed by atoms with Gasteiger partial charge in [0.25, 0.3) is 0 Å². The fourth-order valence-corrected chi connectivity index (χ4v) is 6.04. The molecule has 0 bridgehead atoms. The summed E-state index contributed by atoms with van der Waals surface area (Å²) in [6.45, 7) is 21.5. The molecule has 0 amide bonds. The summed E-state index contributed by atoms with van der Waals surface area (Å²) in [5.41, 5.74) is 8.55. The van der Waals surface area contributed by atoms with Crippen LogP contribution in [0.4, 0.5) is 5.82 Å². The van der Waals surface area contributed by atoms with Gasteiger partial charge < -0.3 is 10.2 Å². The van der Waals surface area contributed by atoms with Crippen molar-refractivity contribution in [3.63, 3.8) is 0 Å². The average molecular weight is 522 g/mol. The molecule has 5 rings (SSSR count). The van der Waals surface area contributed by atoms with Crippen molar-refractivity contribution in [3.05, 3.63) is 84.7 Å². The van der Waals surface area contributed by atoms with Crippen LogP contribution in [-0.4, -0.2) is 34.0 Å². The van der Waals surface area contributed by atoms with Gasteiger partial charge in [-0.15, -0.1) is 0 Å². The van der Waals surface area contributed by atoms with E-state index in [0.29, 0.717) is 11.8 Å². The lowest BCUT2D eigenvalue weighted by Gasteiger charge is -2.40. The van der Waals surface area contributed by atoms with Gasteiger partial charge in [-0.05, 0) is 54.2 Å². The van der Waals surface area contributed by atoms with Crippen LogP contribution in [0.15, 0.2) is 67.3 Å². The number of rotatable bonds is 9. The molecule has 0 spiro atoms. The van der Waals surface area contributed by atoms with Crippen molar-refractivity contribution in [3.8, 4) is 0 Å².